The number of hydrogen-bond acceptors (Lipinski definition) is 4. The van der Waals surface area contributed by atoms with Gasteiger partial charge in [0, 0.05) is 24.2 Å². The van der Waals surface area contributed by atoms with Crippen molar-refractivity contribution < 1.29 is 9.53 Å². The molecule has 0 aliphatic carbocycles. The van der Waals surface area contributed by atoms with E-state index in [-0.39, 0.29) is 5.97 Å². The molecule has 0 spiro atoms. The third kappa shape index (κ3) is 3.20. The Balaban J connectivity index is 1.92. The lowest BCUT2D eigenvalue weighted by molar-refractivity contribution is -0.145. The van der Waals surface area contributed by atoms with Crippen molar-refractivity contribution in [2.75, 3.05) is 7.11 Å². The number of carbonyl (C=O) groups is 1. The first-order valence-electron chi connectivity index (χ1n) is 7.86. The lowest BCUT2D eigenvalue weighted by Crippen LogP contribution is -2.20. The van der Waals surface area contributed by atoms with Gasteiger partial charge in [0.25, 0.3) is 0 Å². The van der Waals surface area contributed by atoms with Crippen molar-refractivity contribution in [2.45, 2.75) is 19.4 Å². The topological polar surface area (TPSA) is 57.0 Å². The lowest BCUT2D eigenvalue weighted by atomic mass is 10.0. The third-order valence-corrected chi connectivity index (χ3v) is 3.96. The number of ether oxygens (including phenoxy) is 1. The SMILES string of the molecule is CCC(C(=O)OC)n1ccc(-c2cccc(-c3ccncc3)c2)n1. The number of esters is 1. The van der Waals surface area contributed by atoms with E-state index in [1.165, 1.54) is 7.11 Å². The second-order valence-electron chi connectivity index (χ2n) is 5.44. The number of carbonyl (C=O) groups excluding carboxylic acids is 1. The van der Waals surface area contributed by atoms with Crippen LogP contribution in [0.3, 0.4) is 0 Å². The van der Waals surface area contributed by atoms with E-state index in [0.717, 1.165) is 22.4 Å². The fourth-order valence-electron chi connectivity index (χ4n) is 2.67. The van der Waals surface area contributed by atoms with Crippen molar-refractivity contribution in [3.63, 3.8) is 0 Å². The summed E-state index contributed by atoms with van der Waals surface area (Å²) in [7, 11) is 1.40. The number of benzene rings is 1. The molecule has 1 atom stereocenters. The van der Waals surface area contributed by atoms with Crippen LogP contribution in [0.4, 0.5) is 0 Å². The fraction of sp³-hybridized carbons (Fsp3) is 0.211. The fourth-order valence-corrected chi connectivity index (χ4v) is 2.67. The monoisotopic (exact) mass is 321 g/mol. The molecule has 0 saturated heterocycles. The summed E-state index contributed by atoms with van der Waals surface area (Å²) in [6, 6.07) is 13.6. The average molecular weight is 321 g/mol. The molecule has 0 aliphatic rings. The average Bonchev–Trinajstić information content (AvgIpc) is 3.13. The van der Waals surface area contributed by atoms with Gasteiger partial charge in [0.05, 0.1) is 12.8 Å². The summed E-state index contributed by atoms with van der Waals surface area (Å²) in [5.74, 6) is -0.280. The maximum atomic E-state index is 11.8. The molecule has 5 nitrogen and oxygen atoms in total. The second kappa shape index (κ2) is 7.08. The summed E-state index contributed by atoms with van der Waals surface area (Å²) in [5, 5.41) is 4.56. The van der Waals surface area contributed by atoms with Crippen LogP contribution in [0, 0.1) is 0 Å². The smallest absolute Gasteiger partial charge is 0.330 e. The molecule has 24 heavy (non-hydrogen) atoms. The van der Waals surface area contributed by atoms with Crippen LogP contribution >= 0.6 is 0 Å². The molecule has 3 rings (SSSR count). The van der Waals surface area contributed by atoms with Gasteiger partial charge >= 0.3 is 5.97 Å². The maximum Gasteiger partial charge on any atom is 0.330 e. The predicted octanol–water partition coefficient (Wildman–Crippen LogP) is 3.74. The Bertz CT molecular complexity index is 827. The number of nitrogens with zero attached hydrogens (tertiary/aromatic N) is 3. The molecule has 122 valence electrons. The first kappa shape index (κ1) is 15.9. The van der Waals surface area contributed by atoms with E-state index in [9.17, 15) is 4.79 Å². The number of methoxy groups -OCH3 is 1. The van der Waals surface area contributed by atoms with Gasteiger partial charge in [-0.25, -0.2) is 4.79 Å². The van der Waals surface area contributed by atoms with Gasteiger partial charge in [-0.15, -0.1) is 0 Å². The highest BCUT2D eigenvalue weighted by Crippen LogP contribution is 2.26. The molecule has 5 heteroatoms. The molecular weight excluding hydrogens is 302 g/mol. The molecular formula is C19H19N3O2. The Morgan fingerprint density at radius 3 is 2.58 bits per heavy atom. The van der Waals surface area contributed by atoms with Crippen molar-refractivity contribution in [1.29, 1.82) is 0 Å². The minimum Gasteiger partial charge on any atom is -0.467 e. The Morgan fingerprint density at radius 1 is 1.12 bits per heavy atom. The van der Waals surface area contributed by atoms with Crippen LogP contribution in [-0.4, -0.2) is 27.8 Å². The van der Waals surface area contributed by atoms with Gasteiger partial charge in [-0.1, -0.05) is 25.1 Å². The zero-order valence-corrected chi connectivity index (χ0v) is 13.7. The highest BCUT2D eigenvalue weighted by Gasteiger charge is 2.20. The Labute approximate surface area is 140 Å². The molecule has 0 fully saturated rings. The summed E-state index contributed by atoms with van der Waals surface area (Å²) in [6.07, 6.45) is 6.00. The molecule has 2 aromatic heterocycles. The summed E-state index contributed by atoms with van der Waals surface area (Å²) in [6.45, 7) is 1.94. The molecule has 1 unspecified atom stereocenters. The number of hydrogen-bond donors (Lipinski definition) is 0. The van der Waals surface area contributed by atoms with Crippen molar-refractivity contribution >= 4 is 5.97 Å². The third-order valence-electron chi connectivity index (χ3n) is 3.96. The van der Waals surface area contributed by atoms with E-state index in [1.807, 2.05) is 43.5 Å². The van der Waals surface area contributed by atoms with E-state index < -0.39 is 6.04 Å². The van der Waals surface area contributed by atoms with Crippen molar-refractivity contribution in [3.8, 4) is 22.4 Å². The molecule has 3 aromatic rings. The highest BCUT2D eigenvalue weighted by molar-refractivity contribution is 5.74. The molecule has 0 bridgehead atoms. The van der Waals surface area contributed by atoms with Gasteiger partial charge in [-0.05, 0) is 41.8 Å². The van der Waals surface area contributed by atoms with Crippen molar-refractivity contribution in [1.82, 2.24) is 14.8 Å². The summed E-state index contributed by atoms with van der Waals surface area (Å²) in [5.41, 5.74) is 4.03. The Morgan fingerprint density at radius 2 is 1.88 bits per heavy atom. The normalized spacial score (nSPS) is 11.9. The van der Waals surface area contributed by atoms with Gasteiger partial charge in [-0.2, -0.15) is 5.10 Å². The number of pyridine rings is 1. The van der Waals surface area contributed by atoms with Crippen LogP contribution < -0.4 is 0 Å². The zero-order valence-electron chi connectivity index (χ0n) is 13.7. The Kier molecular flexibility index (Phi) is 4.70. The molecule has 0 aliphatic heterocycles. The van der Waals surface area contributed by atoms with Gasteiger partial charge < -0.3 is 4.74 Å². The van der Waals surface area contributed by atoms with Crippen LogP contribution in [0.15, 0.2) is 61.1 Å². The molecule has 0 radical (unpaired) electrons. The molecule has 0 saturated carbocycles. The number of rotatable bonds is 5. The zero-order chi connectivity index (χ0) is 16.9. The first-order valence-corrected chi connectivity index (χ1v) is 7.86. The van der Waals surface area contributed by atoms with E-state index in [4.69, 9.17) is 4.74 Å². The number of aromatic nitrogens is 3. The minimum absolute atomic E-state index is 0.280. The summed E-state index contributed by atoms with van der Waals surface area (Å²) < 4.78 is 6.51. The molecule has 2 heterocycles. The van der Waals surface area contributed by atoms with Crippen LogP contribution in [-0.2, 0) is 9.53 Å². The predicted molar refractivity (Wildman–Crippen MR) is 92.2 cm³/mol. The first-order chi connectivity index (χ1) is 11.7. The Hall–Kier alpha value is -2.95. The van der Waals surface area contributed by atoms with Gasteiger partial charge in [-0.3, -0.25) is 9.67 Å². The van der Waals surface area contributed by atoms with Gasteiger partial charge in [0.2, 0.25) is 0 Å². The summed E-state index contributed by atoms with van der Waals surface area (Å²) >= 11 is 0. The lowest BCUT2D eigenvalue weighted by Gasteiger charge is -2.12. The van der Waals surface area contributed by atoms with Gasteiger partial charge in [0.1, 0.15) is 6.04 Å². The largest absolute Gasteiger partial charge is 0.467 e. The molecule has 0 N–H and O–H groups in total. The molecule has 0 amide bonds. The van der Waals surface area contributed by atoms with Crippen LogP contribution in [0.25, 0.3) is 22.4 Å². The van der Waals surface area contributed by atoms with Crippen LogP contribution in [0.5, 0.6) is 0 Å². The summed E-state index contributed by atoms with van der Waals surface area (Å²) in [4.78, 5) is 15.9. The van der Waals surface area contributed by atoms with E-state index >= 15 is 0 Å². The maximum absolute atomic E-state index is 11.8. The molecule has 1 aromatic carbocycles. The van der Waals surface area contributed by atoms with Crippen molar-refractivity contribution in [2.24, 2.45) is 0 Å². The standard InChI is InChI=1S/C19H19N3O2/c1-3-18(19(23)24-2)22-12-9-17(21-22)16-6-4-5-15(13-16)14-7-10-20-11-8-14/h4-13,18H,3H2,1-2H3. The van der Waals surface area contributed by atoms with E-state index in [1.54, 1.807) is 17.1 Å². The van der Waals surface area contributed by atoms with Crippen molar-refractivity contribution in [3.05, 3.63) is 61.1 Å². The van der Waals surface area contributed by atoms with Gasteiger partial charge in [0.15, 0.2) is 0 Å². The minimum atomic E-state index is -0.396. The van der Waals surface area contributed by atoms with Crippen LogP contribution in [0.1, 0.15) is 19.4 Å². The highest BCUT2D eigenvalue weighted by atomic mass is 16.5. The quantitative estimate of drug-likeness (QED) is 0.672. The van der Waals surface area contributed by atoms with E-state index in [0.29, 0.717) is 6.42 Å². The van der Waals surface area contributed by atoms with E-state index in [2.05, 4.69) is 22.2 Å². The second-order valence-corrected chi connectivity index (χ2v) is 5.44. The van der Waals surface area contributed by atoms with Crippen LogP contribution in [0.2, 0.25) is 0 Å².